The Labute approximate surface area is 116 Å². The summed E-state index contributed by atoms with van der Waals surface area (Å²) in [6.07, 6.45) is 3.25. The van der Waals surface area contributed by atoms with Gasteiger partial charge < -0.3 is 20.7 Å². The van der Waals surface area contributed by atoms with Gasteiger partial charge in [0.1, 0.15) is 5.54 Å². The number of amides is 1. The van der Waals surface area contributed by atoms with Gasteiger partial charge in [-0.15, -0.1) is 11.3 Å². The predicted octanol–water partition coefficient (Wildman–Crippen LogP) is 0.440. The quantitative estimate of drug-likeness (QED) is 0.661. The second kappa shape index (κ2) is 6.83. The zero-order valence-corrected chi connectivity index (χ0v) is 11.9. The SMILES string of the molecule is COCCNC(=O)C1(Nc2nccs2)CCNCC1. The van der Waals surface area contributed by atoms with Gasteiger partial charge in [-0.25, -0.2) is 4.98 Å². The number of aromatic nitrogens is 1. The third-order valence-corrected chi connectivity index (χ3v) is 3.95. The van der Waals surface area contributed by atoms with Crippen molar-refractivity contribution in [2.75, 3.05) is 38.7 Å². The van der Waals surface area contributed by atoms with Crippen LogP contribution >= 0.6 is 11.3 Å². The minimum atomic E-state index is -0.559. The molecule has 1 aromatic heterocycles. The Kier molecular flexibility index (Phi) is 5.12. The van der Waals surface area contributed by atoms with Crippen molar-refractivity contribution in [2.24, 2.45) is 0 Å². The number of nitrogens with zero attached hydrogens (tertiary/aromatic N) is 1. The smallest absolute Gasteiger partial charge is 0.245 e. The van der Waals surface area contributed by atoms with Crippen LogP contribution in [0.3, 0.4) is 0 Å². The number of hydrogen-bond donors (Lipinski definition) is 3. The fraction of sp³-hybridized carbons (Fsp3) is 0.667. The molecule has 0 radical (unpaired) electrons. The first kappa shape index (κ1) is 14.2. The van der Waals surface area contributed by atoms with Crippen LogP contribution in [0.15, 0.2) is 11.6 Å². The number of ether oxygens (including phenoxy) is 1. The van der Waals surface area contributed by atoms with Crippen LogP contribution in [0, 0.1) is 0 Å². The lowest BCUT2D eigenvalue weighted by Crippen LogP contribution is -2.58. The van der Waals surface area contributed by atoms with Crippen molar-refractivity contribution in [3.05, 3.63) is 11.6 Å². The minimum absolute atomic E-state index is 0.0289. The van der Waals surface area contributed by atoms with Crippen LogP contribution in [0.25, 0.3) is 0 Å². The highest BCUT2D eigenvalue weighted by molar-refractivity contribution is 7.13. The van der Waals surface area contributed by atoms with E-state index in [1.807, 2.05) is 5.38 Å². The van der Waals surface area contributed by atoms with Crippen LogP contribution in [0.4, 0.5) is 5.13 Å². The molecular formula is C12H20N4O2S. The first-order valence-corrected chi connectivity index (χ1v) is 7.30. The molecule has 7 heteroatoms. The van der Waals surface area contributed by atoms with E-state index in [1.165, 1.54) is 11.3 Å². The molecule has 1 aliphatic heterocycles. The molecule has 6 nitrogen and oxygen atoms in total. The van der Waals surface area contributed by atoms with Crippen molar-refractivity contribution in [1.82, 2.24) is 15.6 Å². The fourth-order valence-corrected chi connectivity index (χ4v) is 2.81. The Morgan fingerprint density at radius 3 is 3.00 bits per heavy atom. The molecule has 1 saturated heterocycles. The molecule has 0 aromatic carbocycles. The van der Waals surface area contributed by atoms with E-state index in [2.05, 4.69) is 20.9 Å². The Morgan fingerprint density at radius 2 is 2.37 bits per heavy atom. The molecule has 0 atom stereocenters. The third-order valence-electron chi connectivity index (χ3n) is 3.26. The summed E-state index contributed by atoms with van der Waals surface area (Å²) in [6.45, 7) is 2.72. The molecule has 0 unspecified atom stereocenters. The Balaban J connectivity index is 2.03. The number of methoxy groups -OCH3 is 1. The van der Waals surface area contributed by atoms with E-state index in [-0.39, 0.29) is 5.91 Å². The van der Waals surface area contributed by atoms with Crippen molar-refractivity contribution in [3.8, 4) is 0 Å². The van der Waals surface area contributed by atoms with Crippen LogP contribution in [-0.4, -0.2) is 49.8 Å². The van der Waals surface area contributed by atoms with Crippen molar-refractivity contribution < 1.29 is 9.53 Å². The van der Waals surface area contributed by atoms with Gasteiger partial charge in [0.2, 0.25) is 5.91 Å². The molecule has 19 heavy (non-hydrogen) atoms. The normalized spacial score (nSPS) is 17.9. The average Bonchev–Trinajstić information content (AvgIpc) is 2.92. The van der Waals surface area contributed by atoms with Gasteiger partial charge in [-0.1, -0.05) is 0 Å². The van der Waals surface area contributed by atoms with Gasteiger partial charge in [-0.3, -0.25) is 4.79 Å². The maximum absolute atomic E-state index is 12.4. The second-order valence-corrected chi connectivity index (χ2v) is 5.44. The van der Waals surface area contributed by atoms with Crippen LogP contribution in [-0.2, 0) is 9.53 Å². The minimum Gasteiger partial charge on any atom is -0.383 e. The van der Waals surface area contributed by atoms with E-state index in [9.17, 15) is 4.79 Å². The molecule has 2 heterocycles. The van der Waals surface area contributed by atoms with E-state index in [0.29, 0.717) is 13.2 Å². The summed E-state index contributed by atoms with van der Waals surface area (Å²) < 4.78 is 4.96. The molecule has 0 spiro atoms. The number of carbonyl (C=O) groups excluding carboxylic acids is 1. The van der Waals surface area contributed by atoms with E-state index in [0.717, 1.165) is 31.1 Å². The number of piperidine rings is 1. The van der Waals surface area contributed by atoms with Crippen LogP contribution in [0.2, 0.25) is 0 Å². The lowest BCUT2D eigenvalue weighted by molar-refractivity contribution is -0.126. The van der Waals surface area contributed by atoms with E-state index in [1.54, 1.807) is 13.3 Å². The van der Waals surface area contributed by atoms with Gasteiger partial charge >= 0.3 is 0 Å². The molecule has 2 rings (SSSR count). The van der Waals surface area contributed by atoms with Crippen LogP contribution in [0.5, 0.6) is 0 Å². The summed E-state index contributed by atoms with van der Waals surface area (Å²) in [6, 6.07) is 0. The highest BCUT2D eigenvalue weighted by Gasteiger charge is 2.39. The summed E-state index contributed by atoms with van der Waals surface area (Å²) in [7, 11) is 1.63. The Hall–Kier alpha value is -1.18. The first-order chi connectivity index (χ1) is 9.27. The van der Waals surface area contributed by atoms with E-state index < -0.39 is 5.54 Å². The zero-order chi connectivity index (χ0) is 13.6. The number of nitrogens with one attached hydrogen (secondary N) is 3. The zero-order valence-electron chi connectivity index (χ0n) is 11.1. The first-order valence-electron chi connectivity index (χ1n) is 6.42. The molecular weight excluding hydrogens is 264 g/mol. The van der Waals surface area contributed by atoms with E-state index in [4.69, 9.17) is 4.74 Å². The summed E-state index contributed by atoms with van der Waals surface area (Å²) in [5.41, 5.74) is -0.559. The predicted molar refractivity (Wildman–Crippen MR) is 75.5 cm³/mol. The molecule has 1 aliphatic rings. The van der Waals surface area contributed by atoms with Gasteiger partial charge in [0.05, 0.1) is 6.61 Å². The van der Waals surface area contributed by atoms with Crippen LogP contribution in [0.1, 0.15) is 12.8 Å². The number of thiazole rings is 1. The molecule has 0 bridgehead atoms. The molecule has 1 amide bonds. The van der Waals surface area contributed by atoms with Crippen molar-refractivity contribution in [1.29, 1.82) is 0 Å². The van der Waals surface area contributed by atoms with Crippen molar-refractivity contribution in [3.63, 3.8) is 0 Å². The van der Waals surface area contributed by atoms with Crippen molar-refractivity contribution in [2.45, 2.75) is 18.4 Å². The second-order valence-electron chi connectivity index (χ2n) is 4.54. The van der Waals surface area contributed by atoms with Gasteiger partial charge in [0.15, 0.2) is 5.13 Å². The third kappa shape index (κ3) is 3.65. The van der Waals surface area contributed by atoms with Gasteiger partial charge in [-0.2, -0.15) is 0 Å². The molecule has 3 N–H and O–H groups in total. The molecule has 0 saturated carbocycles. The van der Waals surface area contributed by atoms with Crippen LogP contribution < -0.4 is 16.0 Å². The Bertz CT molecular complexity index is 390. The number of anilines is 1. The monoisotopic (exact) mass is 284 g/mol. The molecule has 106 valence electrons. The topological polar surface area (TPSA) is 75.3 Å². The maximum Gasteiger partial charge on any atom is 0.245 e. The standard InChI is InChI=1S/C12H20N4O2S/c1-18-8-6-14-10(17)12(2-4-13-5-3-12)16-11-15-7-9-19-11/h7,9,13H,2-6,8H2,1H3,(H,14,17)(H,15,16). The van der Waals surface area contributed by atoms with Gasteiger partial charge in [0.25, 0.3) is 0 Å². The average molecular weight is 284 g/mol. The maximum atomic E-state index is 12.4. The largest absolute Gasteiger partial charge is 0.383 e. The molecule has 1 aromatic rings. The summed E-state index contributed by atoms with van der Waals surface area (Å²) in [4.78, 5) is 16.7. The Morgan fingerprint density at radius 1 is 1.58 bits per heavy atom. The molecule has 1 fully saturated rings. The lowest BCUT2D eigenvalue weighted by Gasteiger charge is -2.36. The highest BCUT2D eigenvalue weighted by Crippen LogP contribution is 2.25. The van der Waals surface area contributed by atoms with Crippen molar-refractivity contribution >= 4 is 22.4 Å². The summed E-state index contributed by atoms with van der Waals surface area (Å²) in [5, 5.41) is 12.2. The number of carbonyl (C=O) groups is 1. The lowest BCUT2D eigenvalue weighted by atomic mass is 9.87. The summed E-state index contributed by atoms with van der Waals surface area (Å²) in [5.74, 6) is 0.0289. The van der Waals surface area contributed by atoms with E-state index >= 15 is 0 Å². The molecule has 0 aliphatic carbocycles. The summed E-state index contributed by atoms with van der Waals surface area (Å²) >= 11 is 1.51. The highest BCUT2D eigenvalue weighted by atomic mass is 32.1. The fourth-order valence-electron chi connectivity index (χ4n) is 2.19. The number of hydrogen-bond acceptors (Lipinski definition) is 6. The number of rotatable bonds is 6. The van der Waals surface area contributed by atoms with Gasteiger partial charge in [-0.05, 0) is 25.9 Å². The van der Waals surface area contributed by atoms with Gasteiger partial charge in [0, 0.05) is 25.2 Å².